The molecule has 2 aliphatic heterocycles. The number of aliphatic carboxylic acids is 1. The Kier molecular flexibility index (Phi) is 10.0. The Morgan fingerprint density at radius 1 is 1.15 bits per heavy atom. The van der Waals surface area contributed by atoms with Gasteiger partial charge in [-0.3, -0.25) is 19.5 Å². The van der Waals surface area contributed by atoms with Crippen molar-refractivity contribution in [2.75, 3.05) is 40.1 Å². The summed E-state index contributed by atoms with van der Waals surface area (Å²) in [5, 5.41) is 10.5. The molecule has 1 N–H and O–H groups in total. The van der Waals surface area contributed by atoms with Crippen molar-refractivity contribution in [2.45, 2.75) is 64.3 Å². The van der Waals surface area contributed by atoms with Crippen LogP contribution in [0, 0.1) is 5.92 Å². The van der Waals surface area contributed by atoms with Gasteiger partial charge in [-0.15, -0.1) is 0 Å². The number of fused-ring (bicyclic) bond motifs is 1. The molecule has 4 rings (SSSR count). The van der Waals surface area contributed by atoms with Gasteiger partial charge in [-0.05, 0) is 55.5 Å². The van der Waals surface area contributed by atoms with Crippen molar-refractivity contribution < 1.29 is 28.9 Å². The number of aromatic nitrogens is 1. The maximum atomic E-state index is 13.6. The summed E-state index contributed by atoms with van der Waals surface area (Å²) in [6.07, 6.45) is 6.91. The smallest absolute Gasteiger partial charge is 0.308 e. The minimum absolute atomic E-state index is 0.0628. The molecular formula is C30H41N3O6. The second-order valence-electron chi connectivity index (χ2n) is 10.4. The van der Waals surface area contributed by atoms with Gasteiger partial charge < -0.3 is 24.2 Å². The van der Waals surface area contributed by atoms with E-state index in [0.29, 0.717) is 36.6 Å². The molecule has 3 heterocycles. The number of ether oxygens (including phenoxy) is 3. The lowest BCUT2D eigenvalue weighted by Crippen LogP contribution is -2.44. The zero-order valence-corrected chi connectivity index (χ0v) is 23.3. The van der Waals surface area contributed by atoms with Crippen LogP contribution in [-0.2, 0) is 16.0 Å². The number of unbranched alkanes of at least 4 members (excludes halogenated alkanes) is 2. The highest BCUT2D eigenvalue weighted by atomic mass is 16.7. The zero-order chi connectivity index (χ0) is 27.8. The molecule has 212 valence electrons. The van der Waals surface area contributed by atoms with Crippen LogP contribution in [0.1, 0.15) is 63.1 Å². The lowest BCUT2D eigenvalue weighted by atomic mass is 9.83. The number of carboxylic acid groups (broad SMARTS) is 1. The summed E-state index contributed by atoms with van der Waals surface area (Å²) < 4.78 is 16.7. The van der Waals surface area contributed by atoms with E-state index in [2.05, 4.69) is 23.7 Å². The molecule has 1 saturated heterocycles. The molecule has 0 radical (unpaired) electrons. The van der Waals surface area contributed by atoms with Gasteiger partial charge in [-0.1, -0.05) is 32.8 Å². The maximum absolute atomic E-state index is 13.6. The molecule has 3 atom stereocenters. The Morgan fingerprint density at radius 2 is 1.92 bits per heavy atom. The van der Waals surface area contributed by atoms with E-state index in [9.17, 15) is 14.7 Å². The Morgan fingerprint density at radius 3 is 2.56 bits per heavy atom. The summed E-state index contributed by atoms with van der Waals surface area (Å²) >= 11 is 0. The predicted octanol–water partition coefficient (Wildman–Crippen LogP) is 4.35. The lowest BCUT2D eigenvalue weighted by Gasteiger charge is -2.29. The van der Waals surface area contributed by atoms with Crippen molar-refractivity contribution in [3.8, 4) is 17.2 Å². The largest absolute Gasteiger partial charge is 0.493 e. The fraction of sp³-hybridized carbons (Fsp3) is 0.567. The molecule has 2 aliphatic rings. The SMILES string of the molecule is CCCCN(CCCC)C(=O)CN1CC(c2cc(OC)c3c(c2)OCO3)C(C(=O)O)C1CCc1ccccn1. The first-order valence-corrected chi connectivity index (χ1v) is 14.1. The normalized spacial score (nSPS) is 20.2. The highest BCUT2D eigenvalue weighted by Gasteiger charge is 2.47. The molecular weight excluding hydrogens is 498 g/mol. The molecule has 3 unspecified atom stereocenters. The second kappa shape index (κ2) is 13.6. The number of methoxy groups -OCH3 is 1. The number of amides is 1. The van der Waals surface area contributed by atoms with Gasteiger partial charge in [0.25, 0.3) is 0 Å². The molecule has 1 fully saturated rings. The minimum Gasteiger partial charge on any atom is -0.493 e. The molecule has 0 saturated carbocycles. The summed E-state index contributed by atoms with van der Waals surface area (Å²) in [5.74, 6) is -0.239. The van der Waals surface area contributed by atoms with E-state index >= 15 is 0 Å². The molecule has 0 spiro atoms. The number of hydrogen-bond donors (Lipinski definition) is 1. The summed E-state index contributed by atoms with van der Waals surface area (Å²) in [4.78, 5) is 34.9. The van der Waals surface area contributed by atoms with E-state index in [-0.39, 0.29) is 31.2 Å². The van der Waals surface area contributed by atoms with Crippen LogP contribution >= 0.6 is 0 Å². The van der Waals surface area contributed by atoms with Crippen molar-refractivity contribution in [3.63, 3.8) is 0 Å². The van der Waals surface area contributed by atoms with Crippen LogP contribution in [0.2, 0.25) is 0 Å². The summed E-state index contributed by atoms with van der Waals surface area (Å²) in [6.45, 7) is 6.45. The molecule has 1 aromatic heterocycles. The van der Waals surface area contributed by atoms with Gasteiger partial charge in [-0.25, -0.2) is 0 Å². The molecule has 39 heavy (non-hydrogen) atoms. The third kappa shape index (κ3) is 6.82. The molecule has 9 nitrogen and oxygen atoms in total. The topological polar surface area (TPSA) is 101 Å². The van der Waals surface area contributed by atoms with Crippen LogP contribution in [0.5, 0.6) is 17.2 Å². The Hall–Kier alpha value is -3.33. The summed E-state index contributed by atoms with van der Waals surface area (Å²) in [5.41, 5.74) is 1.73. The molecule has 0 bridgehead atoms. The van der Waals surface area contributed by atoms with E-state index in [1.54, 1.807) is 13.3 Å². The van der Waals surface area contributed by atoms with E-state index in [0.717, 1.165) is 50.0 Å². The number of nitrogens with zero attached hydrogens (tertiary/aromatic N) is 3. The molecule has 2 aromatic rings. The van der Waals surface area contributed by atoms with Gasteiger partial charge in [0.2, 0.25) is 18.4 Å². The average Bonchev–Trinajstić information content (AvgIpc) is 3.56. The van der Waals surface area contributed by atoms with Crippen LogP contribution in [-0.4, -0.2) is 77.9 Å². The number of rotatable bonds is 14. The Labute approximate surface area is 231 Å². The fourth-order valence-corrected chi connectivity index (χ4v) is 5.73. The van der Waals surface area contributed by atoms with Gasteiger partial charge in [0.1, 0.15) is 0 Å². The molecule has 1 amide bonds. The second-order valence-corrected chi connectivity index (χ2v) is 10.4. The monoisotopic (exact) mass is 539 g/mol. The first-order chi connectivity index (χ1) is 19.0. The Bertz CT molecular complexity index is 1100. The zero-order valence-electron chi connectivity index (χ0n) is 23.3. The number of hydrogen-bond acceptors (Lipinski definition) is 7. The third-order valence-corrected chi connectivity index (χ3v) is 7.82. The van der Waals surface area contributed by atoms with E-state index in [1.807, 2.05) is 35.2 Å². The first kappa shape index (κ1) is 28.7. The standard InChI is InChI=1S/C30H41N3O6/c1-4-6-14-32(15-7-5-2)27(34)19-33-18-23(21-16-25(37-3)29-26(17-21)38-20-39-29)28(30(35)36)24(33)12-11-22-10-8-9-13-31-22/h8-10,13,16-17,23-24,28H,4-7,11-12,14-15,18-20H2,1-3H3,(H,35,36). The highest BCUT2D eigenvalue weighted by molar-refractivity contribution is 5.79. The number of benzene rings is 1. The van der Waals surface area contributed by atoms with Crippen LogP contribution in [0.4, 0.5) is 0 Å². The van der Waals surface area contributed by atoms with Gasteiger partial charge in [0.15, 0.2) is 11.5 Å². The maximum Gasteiger partial charge on any atom is 0.308 e. The molecule has 0 aliphatic carbocycles. The van der Waals surface area contributed by atoms with Crippen molar-refractivity contribution in [2.24, 2.45) is 5.92 Å². The summed E-state index contributed by atoms with van der Waals surface area (Å²) in [6, 6.07) is 9.15. The lowest BCUT2D eigenvalue weighted by molar-refractivity contribution is -0.143. The van der Waals surface area contributed by atoms with E-state index < -0.39 is 11.9 Å². The van der Waals surface area contributed by atoms with Crippen LogP contribution in [0.25, 0.3) is 0 Å². The number of pyridine rings is 1. The average molecular weight is 540 g/mol. The number of carbonyl (C=O) groups excluding carboxylic acids is 1. The van der Waals surface area contributed by atoms with Crippen molar-refractivity contribution in [1.82, 2.24) is 14.8 Å². The fourth-order valence-electron chi connectivity index (χ4n) is 5.73. The van der Waals surface area contributed by atoms with Crippen LogP contribution in [0.3, 0.4) is 0 Å². The van der Waals surface area contributed by atoms with Gasteiger partial charge in [0, 0.05) is 43.5 Å². The van der Waals surface area contributed by atoms with Crippen molar-refractivity contribution in [3.05, 3.63) is 47.8 Å². The molecule has 1 aromatic carbocycles. The third-order valence-electron chi connectivity index (χ3n) is 7.82. The number of likely N-dealkylation sites (tertiary alicyclic amines) is 1. The minimum atomic E-state index is -0.869. The molecule has 9 heteroatoms. The van der Waals surface area contributed by atoms with E-state index in [1.165, 1.54) is 0 Å². The number of aryl methyl sites for hydroxylation is 1. The number of carbonyl (C=O) groups is 2. The van der Waals surface area contributed by atoms with Gasteiger partial charge >= 0.3 is 5.97 Å². The quantitative estimate of drug-likeness (QED) is 0.378. The predicted molar refractivity (Wildman–Crippen MR) is 147 cm³/mol. The van der Waals surface area contributed by atoms with Crippen molar-refractivity contribution in [1.29, 1.82) is 0 Å². The van der Waals surface area contributed by atoms with Gasteiger partial charge in [0.05, 0.1) is 19.6 Å². The first-order valence-electron chi connectivity index (χ1n) is 14.1. The van der Waals surface area contributed by atoms with E-state index in [4.69, 9.17) is 14.2 Å². The Balaban J connectivity index is 1.63. The van der Waals surface area contributed by atoms with Crippen molar-refractivity contribution >= 4 is 11.9 Å². The van der Waals surface area contributed by atoms with Gasteiger partial charge in [-0.2, -0.15) is 0 Å². The highest BCUT2D eigenvalue weighted by Crippen LogP contribution is 2.47. The number of carboxylic acids is 1. The van der Waals surface area contributed by atoms with Crippen LogP contribution < -0.4 is 14.2 Å². The van der Waals surface area contributed by atoms with Crippen LogP contribution in [0.15, 0.2) is 36.5 Å². The summed E-state index contributed by atoms with van der Waals surface area (Å²) in [7, 11) is 1.56.